The summed E-state index contributed by atoms with van der Waals surface area (Å²) in [6.45, 7) is 4.96. The number of nitro benzene ring substituents is 1. The van der Waals surface area contributed by atoms with Crippen LogP contribution in [0.4, 0.5) is 11.4 Å². The molecule has 20 heavy (non-hydrogen) atoms. The van der Waals surface area contributed by atoms with Crippen molar-refractivity contribution in [1.29, 1.82) is 0 Å². The minimum atomic E-state index is -0.377. The van der Waals surface area contributed by atoms with Crippen molar-refractivity contribution in [3.8, 4) is 0 Å². The third kappa shape index (κ3) is 3.57. The van der Waals surface area contributed by atoms with E-state index < -0.39 is 0 Å². The third-order valence-corrected chi connectivity index (χ3v) is 3.27. The van der Waals surface area contributed by atoms with E-state index in [4.69, 9.17) is 0 Å². The molecule has 4 heteroatoms. The Kier molecular flexibility index (Phi) is 4.35. The van der Waals surface area contributed by atoms with Crippen LogP contribution in [0.2, 0.25) is 0 Å². The SMILES string of the molecule is Cc1ccc(C)c(NCCc2ccc([N+](=O)[O-])cc2)c1. The van der Waals surface area contributed by atoms with Crippen LogP contribution in [0.15, 0.2) is 42.5 Å². The summed E-state index contributed by atoms with van der Waals surface area (Å²) in [5, 5.41) is 14.0. The van der Waals surface area contributed by atoms with Crippen molar-refractivity contribution in [3.05, 3.63) is 69.3 Å². The Morgan fingerprint density at radius 2 is 1.80 bits per heavy atom. The maximum absolute atomic E-state index is 10.6. The summed E-state index contributed by atoms with van der Waals surface area (Å²) in [4.78, 5) is 10.2. The molecule has 0 heterocycles. The van der Waals surface area contributed by atoms with Gasteiger partial charge in [0.25, 0.3) is 5.69 Å². The van der Waals surface area contributed by atoms with Crippen LogP contribution in [-0.4, -0.2) is 11.5 Å². The van der Waals surface area contributed by atoms with Gasteiger partial charge >= 0.3 is 0 Å². The zero-order valence-electron chi connectivity index (χ0n) is 11.7. The van der Waals surface area contributed by atoms with E-state index in [0.717, 1.165) is 24.2 Å². The van der Waals surface area contributed by atoms with E-state index in [1.54, 1.807) is 12.1 Å². The second kappa shape index (κ2) is 6.19. The molecule has 0 aliphatic heterocycles. The van der Waals surface area contributed by atoms with E-state index in [-0.39, 0.29) is 10.6 Å². The molecule has 0 saturated heterocycles. The second-order valence-corrected chi connectivity index (χ2v) is 4.92. The van der Waals surface area contributed by atoms with Crippen LogP contribution in [0.1, 0.15) is 16.7 Å². The molecular formula is C16H18N2O2. The summed E-state index contributed by atoms with van der Waals surface area (Å²) in [6, 6.07) is 13.0. The Labute approximate surface area is 118 Å². The fourth-order valence-electron chi connectivity index (χ4n) is 2.05. The summed E-state index contributed by atoms with van der Waals surface area (Å²) >= 11 is 0. The number of anilines is 1. The van der Waals surface area contributed by atoms with E-state index >= 15 is 0 Å². The van der Waals surface area contributed by atoms with Gasteiger partial charge in [-0.05, 0) is 43.0 Å². The van der Waals surface area contributed by atoms with Gasteiger partial charge in [-0.3, -0.25) is 10.1 Å². The maximum Gasteiger partial charge on any atom is 0.269 e. The summed E-state index contributed by atoms with van der Waals surface area (Å²) in [6.07, 6.45) is 0.839. The van der Waals surface area contributed by atoms with Gasteiger partial charge in [0.15, 0.2) is 0 Å². The van der Waals surface area contributed by atoms with E-state index in [2.05, 4.69) is 37.4 Å². The molecule has 0 atom stereocenters. The van der Waals surface area contributed by atoms with Crippen LogP contribution >= 0.6 is 0 Å². The van der Waals surface area contributed by atoms with Crippen molar-refractivity contribution in [2.24, 2.45) is 0 Å². The monoisotopic (exact) mass is 270 g/mol. The highest BCUT2D eigenvalue weighted by atomic mass is 16.6. The number of nitro groups is 1. The number of aryl methyl sites for hydroxylation is 2. The van der Waals surface area contributed by atoms with Crippen LogP contribution in [0, 0.1) is 24.0 Å². The lowest BCUT2D eigenvalue weighted by atomic mass is 10.1. The Morgan fingerprint density at radius 1 is 1.10 bits per heavy atom. The first-order chi connectivity index (χ1) is 9.56. The maximum atomic E-state index is 10.6. The molecule has 0 radical (unpaired) electrons. The van der Waals surface area contributed by atoms with Crippen LogP contribution in [-0.2, 0) is 6.42 Å². The van der Waals surface area contributed by atoms with Crippen LogP contribution in [0.25, 0.3) is 0 Å². The Bertz CT molecular complexity index is 606. The van der Waals surface area contributed by atoms with E-state index in [0.29, 0.717) is 0 Å². The molecule has 0 fully saturated rings. The van der Waals surface area contributed by atoms with E-state index in [1.807, 2.05) is 12.1 Å². The number of non-ortho nitro benzene ring substituents is 1. The first-order valence-electron chi connectivity index (χ1n) is 6.61. The number of benzene rings is 2. The number of hydrogen-bond donors (Lipinski definition) is 1. The smallest absolute Gasteiger partial charge is 0.269 e. The van der Waals surface area contributed by atoms with Crippen LogP contribution in [0.3, 0.4) is 0 Å². The van der Waals surface area contributed by atoms with Gasteiger partial charge in [0.05, 0.1) is 4.92 Å². The predicted molar refractivity (Wildman–Crippen MR) is 81.2 cm³/mol. The molecular weight excluding hydrogens is 252 g/mol. The Balaban J connectivity index is 1.92. The topological polar surface area (TPSA) is 55.2 Å². The molecule has 0 aromatic heterocycles. The highest BCUT2D eigenvalue weighted by Gasteiger charge is 2.04. The fraction of sp³-hybridized carbons (Fsp3) is 0.250. The molecule has 2 aromatic rings. The van der Waals surface area contributed by atoms with Gasteiger partial charge in [-0.25, -0.2) is 0 Å². The van der Waals surface area contributed by atoms with Gasteiger partial charge in [0.1, 0.15) is 0 Å². The molecule has 2 aromatic carbocycles. The van der Waals surface area contributed by atoms with Crippen LogP contribution in [0.5, 0.6) is 0 Å². The first kappa shape index (κ1) is 14.1. The molecule has 0 aliphatic rings. The molecule has 1 N–H and O–H groups in total. The van der Waals surface area contributed by atoms with Gasteiger partial charge in [-0.1, -0.05) is 24.3 Å². The minimum absolute atomic E-state index is 0.135. The summed E-state index contributed by atoms with van der Waals surface area (Å²) in [7, 11) is 0. The second-order valence-electron chi connectivity index (χ2n) is 4.92. The van der Waals surface area contributed by atoms with Gasteiger partial charge in [-0.15, -0.1) is 0 Å². The predicted octanol–water partition coefficient (Wildman–Crippen LogP) is 3.87. The summed E-state index contributed by atoms with van der Waals surface area (Å²) in [5.41, 5.74) is 4.82. The lowest BCUT2D eigenvalue weighted by Crippen LogP contribution is -2.06. The number of rotatable bonds is 5. The zero-order chi connectivity index (χ0) is 14.5. The highest BCUT2D eigenvalue weighted by Crippen LogP contribution is 2.17. The van der Waals surface area contributed by atoms with Crippen molar-refractivity contribution in [1.82, 2.24) is 0 Å². The Hall–Kier alpha value is -2.36. The number of nitrogens with one attached hydrogen (secondary N) is 1. The summed E-state index contributed by atoms with van der Waals surface area (Å²) in [5.74, 6) is 0. The minimum Gasteiger partial charge on any atom is -0.384 e. The van der Waals surface area contributed by atoms with Crippen molar-refractivity contribution in [2.45, 2.75) is 20.3 Å². The van der Waals surface area contributed by atoms with Gasteiger partial charge in [0, 0.05) is 24.4 Å². The molecule has 0 spiro atoms. The molecule has 0 bridgehead atoms. The van der Waals surface area contributed by atoms with Crippen molar-refractivity contribution >= 4 is 11.4 Å². The van der Waals surface area contributed by atoms with Gasteiger partial charge in [-0.2, -0.15) is 0 Å². The molecule has 0 aliphatic carbocycles. The first-order valence-corrected chi connectivity index (χ1v) is 6.61. The largest absolute Gasteiger partial charge is 0.384 e. The van der Waals surface area contributed by atoms with Gasteiger partial charge in [0.2, 0.25) is 0 Å². The number of hydrogen-bond acceptors (Lipinski definition) is 3. The summed E-state index contributed by atoms with van der Waals surface area (Å²) < 4.78 is 0. The molecule has 2 rings (SSSR count). The highest BCUT2D eigenvalue weighted by molar-refractivity contribution is 5.52. The van der Waals surface area contributed by atoms with Gasteiger partial charge < -0.3 is 5.32 Å². The van der Waals surface area contributed by atoms with Crippen LogP contribution < -0.4 is 5.32 Å². The molecule has 0 unspecified atom stereocenters. The number of nitrogens with zero attached hydrogens (tertiary/aromatic N) is 1. The Morgan fingerprint density at radius 3 is 2.45 bits per heavy atom. The normalized spacial score (nSPS) is 10.3. The molecule has 0 amide bonds. The fourth-order valence-corrected chi connectivity index (χ4v) is 2.05. The average Bonchev–Trinajstić information content (AvgIpc) is 2.43. The average molecular weight is 270 g/mol. The van der Waals surface area contributed by atoms with E-state index in [9.17, 15) is 10.1 Å². The van der Waals surface area contributed by atoms with Crippen molar-refractivity contribution < 1.29 is 4.92 Å². The molecule has 104 valence electrons. The van der Waals surface area contributed by atoms with Crippen molar-refractivity contribution in [3.63, 3.8) is 0 Å². The third-order valence-electron chi connectivity index (χ3n) is 3.27. The standard InChI is InChI=1S/C16H18N2O2/c1-12-3-4-13(2)16(11-12)17-10-9-14-5-7-15(8-6-14)18(19)20/h3-8,11,17H,9-10H2,1-2H3. The molecule has 4 nitrogen and oxygen atoms in total. The van der Waals surface area contributed by atoms with Crippen molar-refractivity contribution in [2.75, 3.05) is 11.9 Å². The lowest BCUT2D eigenvalue weighted by Gasteiger charge is -2.10. The molecule has 0 saturated carbocycles. The quantitative estimate of drug-likeness (QED) is 0.663. The zero-order valence-corrected chi connectivity index (χ0v) is 11.7. The lowest BCUT2D eigenvalue weighted by molar-refractivity contribution is -0.384. The van der Waals surface area contributed by atoms with E-state index in [1.165, 1.54) is 11.1 Å².